The summed E-state index contributed by atoms with van der Waals surface area (Å²) in [6, 6.07) is 15.8. The Balaban J connectivity index is 1.94. The minimum absolute atomic E-state index is 0.0837. The average Bonchev–Trinajstić information content (AvgIpc) is 2.76. The van der Waals surface area contributed by atoms with Gasteiger partial charge in [0.2, 0.25) is 0 Å². The smallest absolute Gasteiger partial charge is 0.160 e. The molecule has 0 aliphatic heterocycles. The number of hydrogen-bond donors (Lipinski definition) is 4. The molecule has 0 fully saturated rings. The van der Waals surface area contributed by atoms with Gasteiger partial charge in [-0.3, -0.25) is 0 Å². The van der Waals surface area contributed by atoms with E-state index in [0.717, 1.165) is 32.7 Å². The highest BCUT2D eigenvalue weighted by molar-refractivity contribution is 6.16. The van der Waals surface area contributed by atoms with E-state index in [9.17, 15) is 20.4 Å². The summed E-state index contributed by atoms with van der Waals surface area (Å²) in [7, 11) is 0. The van der Waals surface area contributed by atoms with Gasteiger partial charge in [-0.2, -0.15) is 0 Å². The molecule has 4 N–H and O–H groups in total. The van der Waals surface area contributed by atoms with Crippen molar-refractivity contribution in [1.29, 1.82) is 0 Å². The molecule has 0 unspecified atom stereocenters. The second-order valence-electron chi connectivity index (χ2n) is 7.74. The Bertz CT molecular complexity index is 1240. The molecule has 0 bridgehead atoms. The van der Waals surface area contributed by atoms with Crippen LogP contribution in [0.4, 0.5) is 0 Å². The third kappa shape index (κ3) is 2.76. The molecule has 30 heavy (non-hydrogen) atoms. The van der Waals surface area contributed by atoms with E-state index >= 15 is 0 Å². The molecule has 2 aliphatic rings. The van der Waals surface area contributed by atoms with Gasteiger partial charge in [0.15, 0.2) is 11.5 Å². The van der Waals surface area contributed by atoms with Crippen molar-refractivity contribution in [3.8, 4) is 0 Å². The van der Waals surface area contributed by atoms with Crippen molar-refractivity contribution in [3.63, 3.8) is 0 Å². The van der Waals surface area contributed by atoms with Crippen molar-refractivity contribution in [1.82, 2.24) is 0 Å². The maximum Gasteiger partial charge on any atom is 0.160 e. The van der Waals surface area contributed by atoms with Crippen molar-refractivity contribution in [3.05, 3.63) is 95.5 Å². The van der Waals surface area contributed by atoms with E-state index in [1.54, 1.807) is 18.2 Å². The van der Waals surface area contributed by atoms with E-state index in [4.69, 9.17) is 0 Å². The maximum absolute atomic E-state index is 10.7. The third-order valence-corrected chi connectivity index (χ3v) is 6.01. The summed E-state index contributed by atoms with van der Waals surface area (Å²) < 4.78 is 0. The highest BCUT2D eigenvalue weighted by Gasteiger charge is 2.27. The lowest BCUT2D eigenvalue weighted by atomic mass is 9.81. The summed E-state index contributed by atoms with van der Waals surface area (Å²) in [6.07, 6.45) is 6.10. The molecule has 5 rings (SSSR count). The van der Waals surface area contributed by atoms with E-state index in [0.29, 0.717) is 24.0 Å². The molecule has 2 aliphatic carbocycles. The van der Waals surface area contributed by atoms with Gasteiger partial charge in [-0.1, -0.05) is 66.8 Å². The summed E-state index contributed by atoms with van der Waals surface area (Å²) in [5.74, 6) is -0.174. The first-order valence-corrected chi connectivity index (χ1v) is 10.1. The Morgan fingerprint density at radius 1 is 0.767 bits per heavy atom. The minimum atomic E-state index is -1.03. The molecule has 0 aromatic heterocycles. The normalized spacial score (nSPS) is 21.8. The lowest BCUT2D eigenvalue weighted by Gasteiger charge is -2.26. The second-order valence-corrected chi connectivity index (χ2v) is 7.74. The predicted molar refractivity (Wildman–Crippen MR) is 120 cm³/mol. The number of benzene rings is 3. The summed E-state index contributed by atoms with van der Waals surface area (Å²) in [4.78, 5) is 0. The molecule has 3 aromatic carbocycles. The molecule has 4 nitrogen and oxygen atoms in total. The van der Waals surface area contributed by atoms with Crippen molar-refractivity contribution >= 4 is 32.7 Å². The quantitative estimate of drug-likeness (QED) is 0.449. The van der Waals surface area contributed by atoms with Crippen LogP contribution in [0.25, 0.3) is 32.7 Å². The molecule has 0 saturated carbocycles. The predicted octanol–water partition coefficient (Wildman–Crippen LogP) is 5.17. The molecular formula is C26H22O4. The fraction of sp³-hybridized carbons (Fsp3) is 0.154. The summed E-state index contributed by atoms with van der Waals surface area (Å²) in [6.45, 7) is 0. The fourth-order valence-electron chi connectivity index (χ4n) is 4.62. The largest absolute Gasteiger partial charge is 0.504 e. The highest BCUT2D eigenvalue weighted by atomic mass is 16.3. The first-order chi connectivity index (χ1) is 14.6. The number of aliphatic hydroxyl groups is 4. The van der Waals surface area contributed by atoms with Gasteiger partial charge in [0.05, 0.1) is 0 Å². The topological polar surface area (TPSA) is 80.9 Å². The van der Waals surface area contributed by atoms with Crippen molar-refractivity contribution in [2.45, 2.75) is 25.0 Å². The Hall–Kier alpha value is -3.34. The number of allylic oxidation sites excluding steroid dienone is 4. The Kier molecular flexibility index (Phi) is 4.46. The molecule has 0 spiro atoms. The Morgan fingerprint density at radius 3 is 1.93 bits per heavy atom. The van der Waals surface area contributed by atoms with Crippen molar-refractivity contribution in [2.24, 2.45) is 0 Å². The van der Waals surface area contributed by atoms with Crippen LogP contribution in [0.15, 0.2) is 84.4 Å². The minimum Gasteiger partial charge on any atom is -0.504 e. The third-order valence-electron chi connectivity index (χ3n) is 6.01. The van der Waals surface area contributed by atoms with Gasteiger partial charge in [0.1, 0.15) is 12.2 Å². The Labute approximate surface area is 174 Å². The molecule has 2 atom stereocenters. The van der Waals surface area contributed by atoms with Gasteiger partial charge in [-0.15, -0.1) is 0 Å². The van der Waals surface area contributed by atoms with E-state index < -0.39 is 12.2 Å². The van der Waals surface area contributed by atoms with Crippen LogP contribution in [0.1, 0.15) is 24.0 Å². The molecule has 0 radical (unpaired) electrons. The van der Waals surface area contributed by atoms with Crippen LogP contribution >= 0.6 is 0 Å². The van der Waals surface area contributed by atoms with Crippen LogP contribution in [-0.2, 0) is 0 Å². The lowest BCUT2D eigenvalue weighted by Crippen LogP contribution is -2.27. The summed E-state index contributed by atoms with van der Waals surface area (Å²) >= 11 is 0. The SMILES string of the molecule is OC1=CCCC(c2c3ccccc3c(C3=CC=C[C@@H](O)[C@H]3O)c3ccccc23)=C1O. The summed E-state index contributed by atoms with van der Waals surface area (Å²) in [5.41, 5.74) is 3.14. The highest BCUT2D eigenvalue weighted by Crippen LogP contribution is 2.44. The van der Waals surface area contributed by atoms with E-state index in [2.05, 4.69) is 0 Å². The molecule has 0 amide bonds. The monoisotopic (exact) mass is 398 g/mol. The first-order valence-electron chi connectivity index (χ1n) is 10.1. The lowest BCUT2D eigenvalue weighted by molar-refractivity contribution is 0.0860. The molecule has 3 aromatic rings. The zero-order valence-electron chi connectivity index (χ0n) is 16.3. The molecule has 4 heteroatoms. The number of hydrogen-bond acceptors (Lipinski definition) is 4. The van der Waals surface area contributed by atoms with Gasteiger partial charge in [-0.05, 0) is 57.2 Å². The van der Waals surface area contributed by atoms with E-state index in [1.807, 2.05) is 54.6 Å². The zero-order valence-corrected chi connectivity index (χ0v) is 16.3. The van der Waals surface area contributed by atoms with Crippen molar-refractivity contribution in [2.75, 3.05) is 0 Å². The van der Waals surface area contributed by atoms with Crippen LogP contribution in [0.5, 0.6) is 0 Å². The summed E-state index contributed by atoms with van der Waals surface area (Å²) in [5, 5.41) is 45.5. The second kappa shape index (κ2) is 7.17. The van der Waals surface area contributed by atoms with Crippen LogP contribution in [-0.4, -0.2) is 32.6 Å². The van der Waals surface area contributed by atoms with Crippen LogP contribution in [0.3, 0.4) is 0 Å². The fourth-order valence-corrected chi connectivity index (χ4v) is 4.62. The van der Waals surface area contributed by atoms with E-state index in [-0.39, 0.29) is 11.5 Å². The standard InChI is InChI=1S/C26H22O4/c27-21-13-5-11-19(25(21)29)23-15-7-1-2-8-16(15)24(18-10-4-3-9-17(18)23)20-12-6-14-22(28)26(20)30/h1-5,7-11,13-14,21,25,27-30H,6,12H2/t21-,25+/m1/s1. The van der Waals surface area contributed by atoms with Gasteiger partial charge >= 0.3 is 0 Å². The van der Waals surface area contributed by atoms with Crippen LogP contribution in [0, 0.1) is 0 Å². The number of aliphatic hydroxyl groups excluding tert-OH is 4. The number of fused-ring (bicyclic) bond motifs is 2. The van der Waals surface area contributed by atoms with Crippen LogP contribution in [0.2, 0.25) is 0 Å². The van der Waals surface area contributed by atoms with Gasteiger partial charge in [0.25, 0.3) is 0 Å². The molecule has 0 heterocycles. The van der Waals surface area contributed by atoms with Gasteiger partial charge in [-0.25, -0.2) is 0 Å². The Morgan fingerprint density at radius 2 is 1.33 bits per heavy atom. The van der Waals surface area contributed by atoms with Crippen molar-refractivity contribution < 1.29 is 20.4 Å². The van der Waals surface area contributed by atoms with E-state index in [1.165, 1.54) is 0 Å². The number of rotatable bonds is 2. The molecule has 0 saturated heterocycles. The maximum atomic E-state index is 10.7. The average molecular weight is 398 g/mol. The van der Waals surface area contributed by atoms with Gasteiger partial charge < -0.3 is 20.4 Å². The molecular weight excluding hydrogens is 376 g/mol. The van der Waals surface area contributed by atoms with Gasteiger partial charge in [0, 0.05) is 5.57 Å². The zero-order chi connectivity index (χ0) is 20.8. The van der Waals surface area contributed by atoms with Crippen LogP contribution < -0.4 is 0 Å². The first kappa shape index (κ1) is 18.7. The molecule has 150 valence electrons.